The second-order valence-electron chi connectivity index (χ2n) is 7.34. The molecule has 0 spiro atoms. The van der Waals surface area contributed by atoms with Crippen molar-refractivity contribution >= 4 is 22.6 Å². The molecule has 1 saturated heterocycles. The highest BCUT2D eigenvalue weighted by Crippen LogP contribution is 2.41. The maximum atomic E-state index is 14.0. The number of ether oxygens (including phenoxy) is 2. The molecule has 28 heavy (non-hydrogen) atoms. The molecular weight excluding hydrogens is 365 g/mol. The van der Waals surface area contributed by atoms with Gasteiger partial charge in [0.15, 0.2) is 6.17 Å². The van der Waals surface area contributed by atoms with Gasteiger partial charge in [-0.15, -0.1) is 0 Å². The van der Waals surface area contributed by atoms with E-state index >= 15 is 0 Å². The van der Waals surface area contributed by atoms with E-state index in [1.165, 1.54) is 0 Å². The molecule has 0 radical (unpaired) electrons. The smallest absolute Gasteiger partial charge is 0.255 e. The number of aromatic nitrogens is 1. The lowest BCUT2D eigenvalue weighted by atomic mass is 9.96. The van der Waals surface area contributed by atoms with Gasteiger partial charge in [-0.25, -0.2) is 9.37 Å². The van der Waals surface area contributed by atoms with Gasteiger partial charge in [0.05, 0.1) is 17.0 Å². The molecule has 4 rings (SSSR count). The van der Waals surface area contributed by atoms with E-state index in [-0.39, 0.29) is 12.7 Å². The number of hydrogen-bond donors (Lipinski definition) is 2. The summed E-state index contributed by atoms with van der Waals surface area (Å²) < 4.78 is 25.8. The number of pyridine rings is 1. The summed E-state index contributed by atoms with van der Waals surface area (Å²) in [5.41, 5.74) is 6.68. The van der Waals surface area contributed by atoms with E-state index in [0.717, 1.165) is 16.3 Å². The van der Waals surface area contributed by atoms with E-state index in [1.807, 2.05) is 13.8 Å². The Morgan fingerprint density at radius 3 is 3.00 bits per heavy atom. The first-order valence-corrected chi connectivity index (χ1v) is 9.39. The molecule has 2 aliphatic heterocycles. The fourth-order valence-corrected chi connectivity index (χ4v) is 4.12. The largest absolute Gasteiger partial charge is 0.489 e. The van der Waals surface area contributed by atoms with Crippen LogP contribution in [0.4, 0.5) is 4.39 Å². The number of nitrogens with zero attached hydrogens (tertiary/aromatic N) is 1. The minimum absolute atomic E-state index is 0.0994. The highest BCUT2D eigenvalue weighted by molar-refractivity contribution is 6.04. The number of halogens is 1. The summed E-state index contributed by atoms with van der Waals surface area (Å²) in [5, 5.41) is 4.17. The van der Waals surface area contributed by atoms with Crippen molar-refractivity contribution in [3.8, 4) is 11.6 Å². The SMILES string of the molecule is CC[C@@H]1[C@H](F)C(=O)N[C@@H]1COc1nccc2cc(C(N)=O)c3c(c12)C[C@@H](C)O3. The van der Waals surface area contributed by atoms with Crippen LogP contribution in [0, 0.1) is 5.92 Å². The summed E-state index contributed by atoms with van der Waals surface area (Å²) in [6.07, 6.45) is 1.09. The average molecular weight is 387 g/mol. The van der Waals surface area contributed by atoms with Crippen LogP contribution in [-0.4, -0.2) is 41.7 Å². The van der Waals surface area contributed by atoms with Crippen molar-refractivity contribution in [1.82, 2.24) is 10.3 Å². The highest BCUT2D eigenvalue weighted by Gasteiger charge is 2.42. The molecule has 2 amide bonds. The first kappa shape index (κ1) is 18.5. The molecule has 1 fully saturated rings. The summed E-state index contributed by atoms with van der Waals surface area (Å²) in [6.45, 7) is 3.87. The Kier molecular flexibility index (Phi) is 4.56. The summed E-state index contributed by atoms with van der Waals surface area (Å²) in [4.78, 5) is 27.8. The van der Waals surface area contributed by atoms with Gasteiger partial charge in [-0.2, -0.15) is 0 Å². The molecule has 0 aliphatic carbocycles. The number of amides is 2. The Hall–Kier alpha value is -2.90. The van der Waals surface area contributed by atoms with E-state index in [1.54, 1.807) is 18.3 Å². The molecule has 148 valence electrons. The van der Waals surface area contributed by atoms with Crippen LogP contribution in [0.25, 0.3) is 10.8 Å². The lowest BCUT2D eigenvalue weighted by Gasteiger charge is -2.19. The third-order valence-electron chi connectivity index (χ3n) is 5.49. The van der Waals surface area contributed by atoms with Crippen LogP contribution in [0.5, 0.6) is 11.6 Å². The zero-order chi connectivity index (χ0) is 20.0. The Labute approximate surface area is 161 Å². The number of rotatable bonds is 5. The first-order valence-electron chi connectivity index (χ1n) is 9.39. The normalized spacial score (nSPS) is 26.0. The minimum Gasteiger partial charge on any atom is -0.489 e. The van der Waals surface area contributed by atoms with Gasteiger partial charge >= 0.3 is 0 Å². The molecule has 3 N–H and O–H groups in total. The molecule has 1 aromatic carbocycles. The van der Waals surface area contributed by atoms with E-state index in [0.29, 0.717) is 30.0 Å². The number of nitrogens with one attached hydrogen (secondary N) is 1. The topological polar surface area (TPSA) is 104 Å². The van der Waals surface area contributed by atoms with Crippen LogP contribution in [-0.2, 0) is 11.2 Å². The lowest BCUT2D eigenvalue weighted by Crippen LogP contribution is -2.34. The summed E-state index contributed by atoms with van der Waals surface area (Å²) in [6, 6.07) is 3.03. The van der Waals surface area contributed by atoms with Crippen molar-refractivity contribution in [1.29, 1.82) is 0 Å². The van der Waals surface area contributed by atoms with Gasteiger partial charge in [0.25, 0.3) is 11.8 Å². The third-order valence-corrected chi connectivity index (χ3v) is 5.49. The van der Waals surface area contributed by atoms with Crippen molar-refractivity contribution in [2.75, 3.05) is 6.61 Å². The Morgan fingerprint density at radius 1 is 1.50 bits per heavy atom. The standard InChI is InChI=1S/C20H22FN3O4/c1-3-11-14(24-19(26)16(11)21)8-27-20-15-10(4-5-23-20)7-13(18(22)25)17-12(15)6-9(2)28-17/h4-5,7,9,11,14,16H,3,6,8H2,1-2H3,(H2,22,25)(H,24,26)/t9-,11+,14-,16+/m1/s1. The van der Waals surface area contributed by atoms with E-state index < -0.39 is 29.9 Å². The monoisotopic (exact) mass is 387 g/mol. The van der Waals surface area contributed by atoms with E-state index in [4.69, 9.17) is 15.2 Å². The van der Waals surface area contributed by atoms with Crippen molar-refractivity contribution in [3.63, 3.8) is 0 Å². The Balaban J connectivity index is 1.70. The maximum Gasteiger partial charge on any atom is 0.255 e. The van der Waals surface area contributed by atoms with Gasteiger partial charge in [-0.1, -0.05) is 6.92 Å². The summed E-state index contributed by atoms with van der Waals surface area (Å²) >= 11 is 0. The van der Waals surface area contributed by atoms with Gasteiger partial charge in [0, 0.05) is 24.1 Å². The van der Waals surface area contributed by atoms with Crippen LogP contribution in [0.2, 0.25) is 0 Å². The number of fused-ring (bicyclic) bond motifs is 3. The molecule has 0 unspecified atom stereocenters. The number of primary amides is 1. The van der Waals surface area contributed by atoms with Gasteiger partial charge in [-0.05, 0) is 30.9 Å². The number of carbonyl (C=O) groups excluding carboxylic acids is 2. The summed E-state index contributed by atoms with van der Waals surface area (Å²) in [7, 11) is 0. The third kappa shape index (κ3) is 2.93. The van der Waals surface area contributed by atoms with Crippen LogP contribution in [0.15, 0.2) is 18.3 Å². The van der Waals surface area contributed by atoms with Crippen molar-refractivity contribution in [2.45, 2.75) is 45.0 Å². The maximum absolute atomic E-state index is 14.0. The number of carbonyl (C=O) groups is 2. The number of hydrogen-bond acceptors (Lipinski definition) is 5. The molecule has 2 aromatic rings. The second kappa shape index (κ2) is 6.92. The highest BCUT2D eigenvalue weighted by atomic mass is 19.1. The van der Waals surface area contributed by atoms with Crippen molar-refractivity contribution in [2.24, 2.45) is 11.7 Å². The van der Waals surface area contributed by atoms with Crippen molar-refractivity contribution < 1.29 is 23.5 Å². The van der Waals surface area contributed by atoms with Crippen LogP contribution < -0.4 is 20.5 Å². The fraction of sp³-hybridized carbons (Fsp3) is 0.450. The molecule has 0 bridgehead atoms. The number of alkyl halides is 1. The molecule has 0 saturated carbocycles. The van der Waals surface area contributed by atoms with Gasteiger partial charge < -0.3 is 20.5 Å². The molecular formula is C20H22FN3O4. The van der Waals surface area contributed by atoms with Gasteiger partial charge in [0.1, 0.15) is 18.5 Å². The molecule has 3 heterocycles. The van der Waals surface area contributed by atoms with Crippen LogP contribution >= 0.6 is 0 Å². The lowest BCUT2D eigenvalue weighted by molar-refractivity contribution is -0.123. The predicted octanol–water partition coefficient (Wildman–Crippen LogP) is 1.90. The zero-order valence-corrected chi connectivity index (χ0v) is 15.7. The zero-order valence-electron chi connectivity index (χ0n) is 15.7. The van der Waals surface area contributed by atoms with E-state index in [9.17, 15) is 14.0 Å². The fourth-order valence-electron chi connectivity index (χ4n) is 4.12. The van der Waals surface area contributed by atoms with Gasteiger partial charge in [0.2, 0.25) is 5.88 Å². The molecule has 2 aliphatic rings. The minimum atomic E-state index is -1.52. The Morgan fingerprint density at radius 2 is 2.29 bits per heavy atom. The van der Waals surface area contributed by atoms with Crippen molar-refractivity contribution in [3.05, 3.63) is 29.5 Å². The second-order valence-corrected chi connectivity index (χ2v) is 7.34. The average Bonchev–Trinajstić information content (AvgIpc) is 3.18. The molecule has 1 aromatic heterocycles. The van der Waals surface area contributed by atoms with E-state index in [2.05, 4.69) is 10.3 Å². The van der Waals surface area contributed by atoms with Crippen LogP contribution in [0.3, 0.4) is 0 Å². The molecule has 8 heteroatoms. The molecule has 4 atom stereocenters. The predicted molar refractivity (Wildman–Crippen MR) is 100 cm³/mol. The quantitative estimate of drug-likeness (QED) is 0.816. The van der Waals surface area contributed by atoms with Crippen LogP contribution in [0.1, 0.15) is 36.2 Å². The Bertz CT molecular complexity index is 964. The first-order chi connectivity index (χ1) is 13.4. The number of benzene rings is 1. The summed E-state index contributed by atoms with van der Waals surface area (Å²) in [5.74, 6) is -0.748. The number of nitrogens with two attached hydrogens (primary N) is 1. The molecule has 7 nitrogen and oxygen atoms in total. The van der Waals surface area contributed by atoms with Gasteiger partial charge in [-0.3, -0.25) is 9.59 Å².